The second kappa shape index (κ2) is 26.4. The molecule has 53 heavy (non-hydrogen) atoms. The number of aliphatic hydroxyl groups excluding tert-OH is 1. The van der Waals surface area contributed by atoms with E-state index >= 15 is 0 Å². The number of carbonyl (C=O) groups excluding carboxylic acids is 4. The van der Waals surface area contributed by atoms with Crippen molar-refractivity contribution in [3.05, 3.63) is 52.5 Å². The summed E-state index contributed by atoms with van der Waals surface area (Å²) in [5.74, 6) is -1.62. The van der Waals surface area contributed by atoms with Gasteiger partial charge in [-0.3, -0.25) is 19.2 Å². The Hall–Kier alpha value is -3.43. The Bertz CT molecular complexity index is 1310. The molecule has 1 aliphatic rings. The van der Waals surface area contributed by atoms with Crippen LogP contribution < -0.4 is 16.0 Å². The van der Waals surface area contributed by atoms with Gasteiger partial charge in [0.15, 0.2) is 0 Å². The maximum Gasteiger partial charge on any atom is 0.242 e. The summed E-state index contributed by atoms with van der Waals surface area (Å²) in [6.07, 6.45) is 4.12. The molecule has 0 aliphatic carbocycles. The molecule has 14 heteroatoms. The monoisotopic (exact) mass is 762 g/mol. The quantitative estimate of drug-likeness (QED) is 0.177. The summed E-state index contributed by atoms with van der Waals surface area (Å²) in [5, 5.41) is 20.2. The number of amides is 4. The summed E-state index contributed by atoms with van der Waals surface area (Å²) in [6.45, 7) is 12.4. The Morgan fingerprint density at radius 1 is 1.06 bits per heavy atom. The molecule has 0 spiro atoms. The van der Waals surface area contributed by atoms with E-state index in [9.17, 15) is 24.3 Å². The molecule has 4 amide bonds. The molecule has 300 valence electrons. The molecular weight excluding hydrogens is 697 g/mol. The number of aryl methyl sites for hydroxylation is 1. The second-order valence-electron chi connectivity index (χ2n) is 13.4. The fourth-order valence-corrected chi connectivity index (χ4v) is 6.80. The SMILES string of the molecule is CCC.CCC(C)C(C(CC(=O)N1CCCC1C(OC)C(C)C(=O)NCc1nccs1)OC)N(C)C(=O)CNC(=O)C(CO)NC.Cc1ccccc1. The van der Waals surface area contributed by atoms with E-state index in [4.69, 9.17) is 9.47 Å². The van der Waals surface area contributed by atoms with Crippen LogP contribution in [0.4, 0.5) is 0 Å². The number of likely N-dealkylation sites (tertiary alicyclic amines) is 1. The van der Waals surface area contributed by atoms with E-state index in [2.05, 4.69) is 53.8 Å². The van der Waals surface area contributed by atoms with Gasteiger partial charge in [0.05, 0.1) is 56.3 Å². The largest absolute Gasteiger partial charge is 0.394 e. The summed E-state index contributed by atoms with van der Waals surface area (Å²) in [4.78, 5) is 59.7. The highest BCUT2D eigenvalue weighted by Gasteiger charge is 2.42. The number of carbonyl (C=O) groups is 4. The smallest absolute Gasteiger partial charge is 0.242 e. The zero-order chi connectivity index (χ0) is 39.9. The lowest BCUT2D eigenvalue weighted by Gasteiger charge is -2.39. The highest BCUT2D eigenvalue weighted by atomic mass is 32.1. The number of rotatable bonds is 18. The zero-order valence-electron chi connectivity index (χ0n) is 33.6. The minimum atomic E-state index is -0.816. The Balaban J connectivity index is 0.00000122. The molecule has 7 unspecified atom stereocenters. The Labute approximate surface area is 321 Å². The number of likely N-dealkylation sites (N-methyl/N-ethyl adjacent to an activating group) is 2. The maximum atomic E-state index is 13.8. The van der Waals surface area contributed by atoms with Crippen LogP contribution in [0.2, 0.25) is 0 Å². The molecule has 0 saturated carbocycles. The highest BCUT2D eigenvalue weighted by Crippen LogP contribution is 2.29. The van der Waals surface area contributed by atoms with Gasteiger partial charge in [0.1, 0.15) is 11.0 Å². The first-order valence-electron chi connectivity index (χ1n) is 18.7. The molecule has 0 bridgehead atoms. The fourth-order valence-electron chi connectivity index (χ4n) is 6.24. The summed E-state index contributed by atoms with van der Waals surface area (Å²) in [7, 11) is 6.29. The summed E-state index contributed by atoms with van der Waals surface area (Å²) >= 11 is 1.47. The molecule has 13 nitrogen and oxygen atoms in total. The number of hydrogen-bond acceptors (Lipinski definition) is 10. The van der Waals surface area contributed by atoms with Gasteiger partial charge in [-0.15, -0.1) is 11.3 Å². The molecule has 2 heterocycles. The lowest BCUT2D eigenvalue weighted by atomic mass is 9.90. The van der Waals surface area contributed by atoms with Crippen molar-refractivity contribution in [3.63, 3.8) is 0 Å². The van der Waals surface area contributed by atoms with Crippen molar-refractivity contribution in [1.29, 1.82) is 0 Å². The first-order chi connectivity index (χ1) is 25.3. The number of aliphatic hydroxyl groups is 1. The van der Waals surface area contributed by atoms with Crippen LogP contribution in [0.5, 0.6) is 0 Å². The number of hydrogen-bond donors (Lipinski definition) is 4. The lowest BCUT2D eigenvalue weighted by Crippen LogP contribution is -2.55. The van der Waals surface area contributed by atoms with Crippen molar-refractivity contribution in [1.82, 2.24) is 30.7 Å². The molecule has 0 radical (unpaired) electrons. The van der Waals surface area contributed by atoms with Gasteiger partial charge in [0, 0.05) is 39.4 Å². The van der Waals surface area contributed by atoms with E-state index < -0.39 is 42.7 Å². The van der Waals surface area contributed by atoms with Crippen LogP contribution in [0, 0.1) is 18.8 Å². The third kappa shape index (κ3) is 15.8. The molecule has 2 aromatic rings. The topological polar surface area (TPSA) is 162 Å². The lowest BCUT2D eigenvalue weighted by molar-refractivity contribution is -0.145. The molecule has 1 fully saturated rings. The fraction of sp³-hybridized carbons (Fsp3) is 0.667. The minimum Gasteiger partial charge on any atom is -0.394 e. The number of aromatic nitrogens is 1. The predicted octanol–water partition coefficient (Wildman–Crippen LogP) is 3.79. The van der Waals surface area contributed by atoms with Gasteiger partial charge in [-0.05, 0) is 32.7 Å². The Morgan fingerprint density at radius 3 is 2.21 bits per heavy atom. The molecule has 1 aromatic heterocycles. The Kier molecular flexibility index (Phi) is 23.7. The van der Waals surface area contributed by atoms with Crippen LogP contribution in [-0.2, 0) is 35.2 Å². The number of methoxy groups -OCH3 is 2. The summed E-state index contributed by atoms with van der Waals surface area (Å²) in [5.41, 5.74) is 1.32. The normalized spacial score (nSPS) is 17.0. The first-order valence-corrected chi connectivity index (χ1v) is 19.6. The highest BCUT2D eigenvalue weighted by molar-refractivity contribution is 7.09. The van der Waals surface area contributed by atoms with Crippen LogP contribution in [0.1, 0.15) is 77.3 Å². The standard InChI is InChI=1S/C29H50N6O7S.C7H8.C3H8/c1-8-18(2)26(34(5)25(38)16-33-29(40)20(17-36)30-4)22(41-6)14-24(37)35-12-9-10-21(35)27(42-7)19(3)28(39)32-15-23-31-11-13-43-23;1-7-5-3-2-4-6-7;1-3-2/h11,13,18-22,26-27,30,36H,8-10,12,14-17H2,1-7H3,(H,32,39)(H,33,40);2-6H,1H3;3H2,1-2H3. The number of nitrogens with one attached hydrogen (secondary N) is 3. The van der Waals surface area contributed by atoms with Gasteiger partial charge in [0.2, 0.25) is 23.6 Å². The number of benzene rings is 1. The molecule has 3 rings (SSSR count). The zero-order valence-corrected chi connectivity index (χ0v) is 34.4. The summed E-state index contributed by atoms with van der Waals surface area (Å²) < 4.78 is 11.6. The number of thiazole rings is 1. The van der Waals surface area contributed by atoms with Gasteiger partial charge in [-0.1, -0.05) is 83.4 Å². The average molecular weight is 763 g/mol. The molecule has 4 N–H and O–H groups in total. The van der Waals surface area contributed by atoms with Gasteiger partial charge in [0.25, 0.3) is 0 Å². The van der Waals surface area contributed by atoms with Crippen molar-refractivity contribution < 1.29 is 33.8 Å². The van der Waals surface area contributed by atoms with Crippen molar-refractivity contribution >= 4 is 35.0 Å². The first kappa shape index (κ1) is 47.6. The van der Waals surface area contributed by atoms with Gasteiger partial charge in [-0.2, -0.15) is 0 Å². The Morgan fingerprint density at radius 2 is 1.72 bits per heavy atom. The van der Waals surface area contributed by atoms with E-state index in [-0.39, 0.29) is 42.6 Å². The molecule has 1 aromatic carbocycles. The number of nitrogens with zero attached hydrogens (tertiary/aromatic N) is 3. The van der Waals surface area contributed by atoms with Crippen molar-refractivity contribution in [2.24, 2.45) is 11.8 Å². The minimum absolute atomic E-state index is 0.00690. The van der Waals surface area contributed by atoms with Crippen LogP contribution in [0.15, 0.2) is 41.9 Å². The molecule has 1 aliphatic heterocycles. The summed E-state index contributed by atoms with van der Waals surface area (Å²) in [6, 6.07) is 8.73. The van der Waals surface area contributed by atoms with Crippen LogP contribution in [0.3, 0.4) is 0 Å². The molecule has 7 atom stereocenters. The van der Waals surface area contributed by atoms with E-state index in [1.165, 1.54) is 35.3 Å². The average Bonchev–Trinajstić information content (AvgIpc) is 3.87. The third-order valence-corrected chi connectivity index (χ3v) is 10.2. The molecule has 1 saturated heterocycles. The van der Waals surface area contributed by atoms with E-state index in [0.717, 1.165) is 17.8 Å². The van der Waals surface area contributed by atoms with Gasteiger partial charge >= 0.3 is 0 Å². The second-order valence-corrected chi connectivity index (χ2v) is 14.4. The third-order valence-electron chi connectivity index (χ3n) is 9.40. The van der Waals surface area contributed by atoms with Crippen molar-refractivity contribution in [2.75, 3.05) is 48.0 Å². The van der Waals surface area contributed by atoms with Crippen LogP contribution in [0.25, 0.3) is 0 Å². The maximum absolute atomic E-state index is 13.8. The molecular formula is C39H66N6O7S. The van der Waals surface area contributed by atoms with Gasteiger partial charge in [-0.25, -0.2) is 4.98 Å². The predicted molar refractivity (Wildman–Crippen MR) is 210 cm³/mol. The van der Waals surface area contributed by atoms with Gasteiger partial charge < -0.3 is 40.3 Å². The van der Waals surface area contributed by atoms with Crippen molar-refractivity contribution in [3.8, 4) is 0 Å². The van der Waals surface area contributed by atoms with Crippen LogP contribution in [-0.4, -0.2) is 122 Å². The van der Waals surface area contributed by atoms with E-state index in [1.54, 1.807) is 32.3 Å². The van der Waals surface area contributed by atoms with Crippen LogP contribution >= 0.6 is 11.3 Å². The van der Waals surface area contributed by atoms with E-state index in [0.29, 0.717) is 19.5 Å². The number of ether oxygens (including phenoxy) is 2. The van der Waals surface area contributed by atoms with Crippen molar-refractivity contribution in [2.45, 2.75) is 111 Å². The van der Waals surface area contributed by atoms with E-state index in [1.807, 2.05) is 44.4 Å².